The number of hydrogen-bond donors (Lipinski definition) is 0. The van der Waals surface area contributed by atoms with Crippen LogP contribution in [0.1, 0.15) is 35.3 Å². The molecule has 0 atom stereocenters. The van der Waals surface area contributed by atoms with E-state index in [1.807, 2.05) is 0 Å². The van der Waals surface area contributed by atoms with Gasteiger partial charge in [0.25, 0.3) is 0 Å². The molecule has 0 fully saturated rings. The van der Waals surface area contributed by atoms with Crippen molar-refractivity contribution in [3.05, 3.63) is 46.7 Å². The van der Waals surface area contributed by atoms with Gasteiger partial charge in [-0.3, -0.25) is 9.59 Å². The molecule has 0 aromatic heterocycles. The molecule has 0 amide bonds. The molecule has 7 nitrogen and oxygen atoms in total. The van der Waals surface area contributed by atoms with E-state index in [-0.39, 0.29) is 23.4 Å². The Kier molecular flexibility index (Phi) is 6.01. The number of aryl methyl sites for hydroxylation is 1. The van der Waals surface area contributed by atoms with Crippen LogP contribution in [0.25, 0.3) is 6.08 Å². The Morgan fingerprint density at radius 1 is 1.00 bits per heavy atom. The Hall–Kier alpha value is -3.48. The average Bonchev–Trinajstić information content (AvgIpc) is 3.02. The quantitative estimate of drug-likeness (QED) is 0.400. The Labute approximate surface area is 175 Å². The zero-order valence-corrected chi connectivity index (χ0v) is 17.8. The van der Waals surface area contributed by atoms with Crippen molar-refractivity contribution in [1.82, 2.24) is 0 Å². The fraction of sp³-hybridized carbons (Fsp3) is 0.304. The fourth-order valence-corrected chi connectivity index (χ4v) is 3.11. The number of benzene rings is 2. The maximum atomic E-state index is 12.9. The Balaban J connectivity index is 1.97. The first-order valence-corrected chi connectivity index (χ1v) is 9.39. The number of ether oxygens (including phenoxy) is 5. The van der Waals surface area contributed by atoms with Crippen LogP contribution in [0.3, 0.4) is 0 Å². The first-order chi connectivity index (χ1) is 14.3. The molecule has 0 radical (unpaired) electrons. The number of Topliss-reactive ketones (excluding diaryl/α,β-unsaturated/α-hetero) is 1. The van der Waals surface area contributed by atoms with Gasteiger partial charge in [-0.25, -0.2) is 0 Å². The molecule has 0 spiro atoms. The van der Waals surface area contributed by atoms with Crippen LogP contribution in [0.2, 0.25) is 0 Å². The van der Waals surface area contributed by atoms with Crippen molar-refractivity contribution in [2.75, 3.05) is 21.3 Å². The van der Waals surface area contributed by atoms with Gasteiger partial charge in [0.05, 0.1) is 32.8 Å². The third-order valence-corrected chi connectivity index (χ3v) is 4.62. The largest absolute Gasteiger partial charge is 0.493 e. The van der Waals surface area contributed by atoms with E-state index in [2.05, 4.69) is 0 Å². The van der Waals surface area contributed by atoms with E-state index in [0.717, 1.165) is 0 Å². The summed E-state index contributed by atoms with van der Waals surface area (Å²) in [4.78, 5) is 24.8. The van der Waals surface area contributed by atoms with Gasteiger partial charge in [-0.15, -0.1) is 0 Å². The zero-order chi connectivity index (χ0) is 22.0. The van der Waals surface area contributed by atoms with Gasteiger partial charge in [0.2, 0.25) is 11.5 Å². The predicted molar refractivity (Wildman–Crippen MR) is 111 cm³/mol. The topological polar surface area (TPSA) is 80.3 Å². The third kappa shape index (κ3) is 3.96. The number of carbonyl (C=O) groups excluding carboxylic acids is 2. The van der Waals surface area contributed by atoms with E-state index < -0.39 is 0 Å². The minimum absolute atomic E-state index is 0.148. The minimum atomic E-state index is -0.355. The lowest BCUT2D eigenvalue weighted by Crippen LogP contribution is -2.14. The molecule has 2 aromatic rings. The molecule has 0 saturated heterocycles. The molecular formula is C23H24O7. The third-order valence-electron chi connectivity index (χ3n) is 4.62. The van der Waals surface area contributed by atoms with E-state index in [1.54, 1.807) is 51.1 Å². The summed E-state index contributed by atoms with van der Waals surface area (Å²) >= 11 is 0. The molecule has 0 bridgehead atoms. The van der Waals surface area contributed by atoms with Crippen molar-refractivity contribution in [2.24, 2.45) is 5.92 Å². The highest BCUT2D eigenvalue weighted by atomic mass is 16.5. The lowest BCUT2D eigenvalue weighted by molar-refractivity contribution is -0.137. The van der Waals surface area contributed by atoms with Crippen molar-refractivity contribution in [3.63, 3.8) is 0 Å². The average molecular weight is 412 g/mol. The van der Waals surface area contributed by atoms with Crippen LogP contribution in [0, 0.1) is 12.8 Å². The van der Waals surface area contributed by atoms with Gasteiger partial charge in [0, 0.05) is 6.07 Å². The molecule has 1 aliphatic rings. The number of ketones is 1. The standard InChI is InChI=1S/C23H24O7/c1-12(2)23(25)29-15-7-13(3)20-16(11-15)30-17(21(20)24)8-14-9-18(26-4)22(28-6)19(10-14)27-5/h7-12H,1-6H3/b17-8-. The first kappa shape index (κ1) is 21.2. The van der Waals surface area contributed by atoms with Crippen LogP contribution in [-0.4, -0.2) is 33.1 Å². The number of fused-ring (bicyclic) bond motifs is 1. The maximum Gasteiger partial charge on any atom is 0.313 e. The predicted octanol–water partition coefficient (Wildman–Crippen LogP) is 4.20. The molecule has 0 aliphatic carbocycles. The summed E-state index contributed by atoms with van der Waals surface area (Å²) in [7, 11) is 4.56. The van der Waals surface area contributed by atoms with E-state index in [1.165, 1.54) is 21.3 Å². The lowest BCUT2D eigenvalue weighted by Gasteiger charge is -2.13. The monoisotopic (exact) mass is 412 g/mol. The maximum absolute atomic E-state index is 12.9. The van der Waals surface area contributed by atoms with Crippen molar-refractivity contribution in [2.45, 2.75) is 20.8 Å². The van der Waals surface area contributed by atoms with Crippen LogP contribution in [0.4, 0.5) is 0 Å². The van der Waals surface area contributed by atoms with Crippen LogP contribution < -0.4 is 23.7 Å². The number of methoxy groups -OCH3 is 3. The van der Waals surface area contributed by atoms with Crippen LogP contribution in [0.15, 0.2) is 30.0 Å². The summed E-state index contributed by atoms with van der Waals surface area (Å²) in [6, 6.07) is 6.65. The zero-order valence-electron chi connectivity index (χ0n) is 17.8. The molecule has 0 N–H and O–H groups in total. The molecular weight excluding hydrogens is 388 g/mol. The molecule has 30 heavy (non-hydrogen) atoms. The molecule has 1 aliphatic heterocycles. The molecule has 7 heteroatoms. The number of allylic oxidation sites excluding steroid dienone is 1. The van der Waals surface area contributed by atoms with Crippen LogP contribution in [0.5, 0.6) is 28.7 Å². The summed E-state index contributed by atoms with van der Waals surface area (Å²) in [6.45, 7) is 5.27. The molecule has 0 unspecified atom stereocenters. The SMILES string of the molecule is COc1cc(/C=C2\Oc3cc(OC(=O)C(C)C)cc(C)c3C2=O)cc(OC)c1OC. The fourth-order valence-electron chi connectivity index (χ4n) is 3.11. The van der Waals surface area contributed by atoms with Crippen molar-refractivity contribution in [3.8, 4) is 28.7 Å². The van der Waals surface area contributed by atoms with E-state index in [0.29, 0.717) is 45.4 Å². The van der Waals surface area contributed by atoms with Gasteiger partial charge >= 0.3 is 5.97 Å². The smallest absolute Gasteiger partial charge is 0.313 e. The normalized spacial score (nSPS) is 13.8. The van der Waals surface area contributed by atoms with E-state index >= 15 is 0 Å². The van der Waals surface area contributed by atoms with E-state index in [4.69, 9.17) is 23.7 Å². The summed E-state index contributed by atoms with van der Waals surface area (Å²) < 4.78 is 27.2. The Bertz CT molecular complexity index is 1010. The second-order valence-corrected chi connectivity index (χ2v) is 7.09. The van der Waals surface area contributed by atoms with Crippen LogP contribution in [-0.2, 0) is 4.79 Å². The van der Waals surface area contributed by atoms with E-state index in [9.17, 15) is 9.59 Å². The number of carbonyl (C=O) groups is 2. The van der Waals surface area contributed by atoms with Gasteiger partial charge in [0.15, 0.2) is 17.3 Å². The Morgan fingerprint density at radius 2 is 1.63 bits per heavy atom. The van der Waals surface area contributed by atoms with Gasteiger partial charge in [-0.1, -0.05) is 13.8 Å². The minimum Gasteiger partial charge on any atom is -0.493 e. The van der Waals surface area contributed by atoms with Gasteiger partial charge in [-0.2, -0.15) is 0 Å². The highest BCUT2D eigenvalue weighted by Gasteiger charge is 2.30. The van der Waals surface area contributed by atoms with Crippen molar-refractivity contribution >= 4 is 17.8 Å². The molecule has 1 heterocycles. The number of hydrogen-bond acceptors (Lipinski definition) is 7. The molecule has 158 valence electrons. The number of esters is 1. The van der Waals surface area contributed by atoms with Crippen molar-refractivity contribution < 1.29 is 33.3 Å². The first-order valence-electron chi connectivity index (χ1n) is 9.39. The summed E-state index contributed by atoms with van der Waals surface area (Å²) in [5.41, 5.74) is 1.75. The number of rotatable bonds is 6. The van der Waals surface area contributed by atoms with Crippen molar-refractivity contribution in [1.29, 1.82) is 0 Å². The van der Waals surface area contributed by atoms with Gasteiger partial charge in [-0.05, 0) is 42.3 Å². The second-order valence-electron chi connectivity index (χ2n) is 7.09. The highest BCUT2D eigenvalue weighted by molar-refractivity contribution is 6.15. The highest BCUT2D eigenvalue weighted by Crippen LogP contribution is 2.41. The van der Waals surface area contributed by atoms with Gasteiger partial charge in [0.1, 0.15) is 11.5 Å². The van der Waals surface area contributed by atoms with Crippen LogP contribution >= 0.6 is 0 Å². The lowest BCUT2D eigenvalue weighted by atomic mass is 10.0. The molecule has 0 saturated carbocycles. The molecule has 2 aromatic carbocycles. The summed E-state index contributed by atoms with van der Waals surface area (Å²) in [5, 5.41) is 0. The summed E-state index contributed by atoms with van der Waals surface area (Å²) in [5.74, 6) is 1.35. The Morgan fingerprint density at radius 3 is 2.17 bits per heavy atom. The molecule has 3 rings (SSSR count). The summed E-state index contributed by atoms with van der Waals surface area (Å²) in [6.07, 6.45) is 1.60. The second kappa shape index (κ2) is 8.49. The van der Waals surface area contributed by atoms with Gasteiger partial charge < -0.3 is 23.7 Å².